The van der Waals surface area contributed by atoms with Gasteiger partial charge in [-0.2, -0.15) is 0 Å². The average Bonchev–Trinajstić information content (AvgIpc) is 3.15. The van der Waals surface area contributed by atoms with Gasteiger partial charge in [-0.3, -0.25) is 0 Å². The monoisotopic (exact) mass is 346 g/mol. The number of hydrogen-bond acceptors (Lipinski definition) is 3. The first-order valence-electron chi connectivity index (χ1n) is 9.16. The maximum atomic E-state index is 12.2. The largest absolute Gasteiger partial charge is 0.327 e. The second-order valence-corrected chi connectivity index (χ2v) is 10.1. The summed E-state index contributed by atoms with van der Waals surface area (Å²) in [4.78, 5) is 5.35. The fraction of sp³-hybridized carbons (Fsp3) is 0.632. The number of rotatable bonds is 5. The molecule has 2 aliphatic carbocycles. The highest BCUT2D eigenvalue weighted by atomic mass is 32.2. The van der Waals surface area contributed by atoms with E-state index in [2.05, 4.69) is 11.5 Å². The predicted octanol–water partition coefficient (Wildman–Crippen LogP) is 4.07. The molecule has 0 N–H and O–H groups in total. The number of nitrogens with zero attached hydrogens (tertiary/aromatic N) is 2. The van der Waals surface area contributed by atoms with E-state index in [1.807, 2.05) is 6.07 Å². The van der Waals surface area contributed by atoms with Crippen molar-refractivity contribution >= 4 is 20.9 Å². The molecule has 0 radical (unpaired) electrons. The third-order valence-corrected chi connectivity index (χ3v) is 7.58. The van der Waals surface area contributed by atoms with Crippen molar-refractivity contribution in [3.63, 3.8) is 0 Å². The summed E-state index contributed by atoms with van der Waals surface area (Å²) in [5.74, 6) is 2.07. The van der Waals surface area contributed by atoms with E-state index in [0.717, 1.165) is 23.5 Å². The molecule has 2 aromatic rings. The number of fused-ring (bicyclic) bond motifs is 1. The number of imidazole rings is 1. The molecule has 0 spiro atoms. The van der Waals surface area contributed by atoms with Crippen LogP contribution in [-0.4, -0.2) is 23.7 Å². The van der Waals surface area contributed by atoms with Crippen LogP contribution in [-0.2, 0) is 21.8 Å². The van der Waals surface area contributed by atoms with Crippen molar-refractivity contribution in [1.82, 2.24) is 9.55 Å². The van der Waals surface area contributed by atoms with Crippen LogP contribution in [0.3, 0.4) is 0 Å². The molecule has 0 unspecified atom stereocenters. The molecular weight excluding hydrogens is 320 g/mol. The van der Waals surface area contributed by atoms with Gasteiger partial charge in [0.2, 0.25) is 0 Å². The van der Waals surface area contributed by atoms with Crippen LogP contribution in [0.1, 0.15) is 58.2 Å². The van der Waals surface area contributed by atoms with Crippen molar-refractivity contribution in [3.05, 3.63) is 24.0 Å². The standard InChI is InChI=1S/C19H26N2O2S/c1-3-24(22,23)15-8-9-17-16(12-15)20-18(19(2)10-4-5-11-19)21(17)13-14-6-7-14/h8-9,12,14H,3-7,10-11,13H2,1-2H3. The zero-order valence-electron chi connectivity index (χ0n) is 14.6. The van der Waals surface area contributed by atoms with Crippen molar-refractivity contribution in [2.24, 2.45) is 5.92 Å². The van der Waals surface area contributed by atoms with Crippen LogP contribution in [0.15, 0.2) is 23.1 Å². The fourth-order valence-corrected chi connectivity index (χ4v) is 4.95. The Bertz CT molecular complexity index is 872. The van der Waals surface area contributed by atoms with Gasteiger partial charge in [0.1, 0.15) is 5.82 Å². The lowest BCUT2D eigenvalue weighted by atomic mass is 9.88. The third-order valence-electron chi connectivity index (χ3n) is 5.84. The molecule has 4 rings (SSSR count). The normalized spacial score (nSPS) is 20.8. The predicted molar refractivity (Wildman–Crippen MR) is 96.0 cm³/mol. The topological polar surface area (TPSA) is 52.0 Å². The fourth-order valence-electron chi connectivity index (χ4n) is 4.05. The maximum absolute atomic E-state index is 12.2. The minimum atomic E-state index is -3.19. The smallest absolute Gasteiger partial charge is 0.178 e. The number of aromatic nitrogens is 2. The minimum Gasteiger partial charge on any atom is -0.327 e. The molecule has 0 bridgehead atoms. The molecule has 0 saturated heterocycles. The Morgan fingerprint density at radius 1 is 1.25 bits per heavy atom. The molecule has 1 heterocycles. The summed E-state index contributed by atoms with van der Waals surface area (Å²) >= 11 is 0. The van der Waals surface area contributed by atoms with Gasteiger partial charge in [0.25, 0.3) is 0 Å². The Kier molecular flexibility index (Phi) is 3.75. The van der Waals surface area contributed by atoms with Gasteiger partial charge >= 0.3 is 0 Å². The van der Waals surface area contributed by atoms with Crippen molar-refractivity contribution in [3.8, 4) is 0 Å². The quantitative estimate of drug-likeness (QED) is 0.820. The summed E-state index contributed by atoms with van der Waals surface area (Å²) in [6.07, 6.45) is 7.50. The van der Waals surface area contributed by atoms with Crippen LogP contribution >= 0.6 is 0 Å². The Balaban J connectivity index is 1.87. The second-order valence-electron chi connectivity index (χ2n) is 7.81. The Hall–Kier alpha value is -1.36. The van der Waals surface area contributed by atoms with E-state index >= 15 is 0 Å². The molecule has 24 heavy (non-hydrogen) atoms. The van der Waals surface area contributed by atoms with Gasteiger partial charge in [0, 0.05) is 12.0 Å². The van der Waals surface area contributed by atoms with E-state index < -0.39 is 9.84 Å². The lowest BCUT2D eigenvalue weighted by molar-refractivity contribution is 0.428. The summed E-state index contributed by atoms with van der Waals surface area (Å²) in [6, 6.07) is 5.50. The molecule has 2 fully saturated rings. The Morgan fingerprint density at radius 2 is 1.96 bits per heavy atom. The molecule has 0 aliphatic heterocycles. The minimum absolute atomic E-state index is 0.131. The average molecular weight is 346 g/mol. The molecule has 2 aliphatic rings. The molecule has 4 nitrogen and oxygen atoms in total. The van der Waals surface area contributed by atoms with Crippen molar-refractivity contribution in [1.29, 1.82) is 0 Å². The van der Waals surface area contributed by atoms with Crippen LogP contribution in [0.5, 0.6) is 0 Å². The van der Waals surface area contributed by atoms with Gasteiger partial charge in [0.15, 0.2) is 9.84 Å². The van der Waals surface area contributed by atoms with Crippen LogP contribution in [0, 0.1) is 5.92 Å². The summed E-state index contributed by atoms with van der Waals surface area (Å²) in [6.45, 7) is 5.05. The Morgan fingerprint density at radius 3 is 2.58 bits per heavy atom. The highest BCUT2D eigenvalue weighted by Gasteiger charge is 2.37. The number of hydrogen-bond donors (Lipinski definition) is 0. The number of sulfone groups is 1. The van der Waals surface area contributed by atoms with Gasteiger partial charge in [-0.05, 0) is 49.8 Å². The summed E-state index contributed by atoms with van der Waals surface area (Å²) < 4.78 is 26.8. The second kappa shape index (κ2) is 5.58. The third kappa shape index (κ3) is 2.67. The highest BCUT2D eigenvalue weighted by molar-refractivity contribution is 7.91. The van der Waals surface area contributed by atoms with Crippen molar-refractivity contribution in [2.45, 2.75) is 69.2 Å². The highest BCUT2D eigenvalue weighted by Crippen LogP contribution is 2.42. The summed E-state index contributed by atoms with van der Waals surface area (Å²) in [7, 11) is -3.19. The molecule has 0 amide bonds. The van der Waals surface area contributed by atoms with E-state index in [-0.39, 0.29) is 11.2 Å². The van der Waals surface area contributed by atoms with Gasteiger partial charge in [0.05, 0.1) is 21.7 Å². The van der Waals surface area contributed by atoms with E-state index in [1.165, 1.54) is 44.3 Å². The zero-order chi connectivity index (χ0) is 16.9. The first kappa shape index (κ1) is 16.1. The molecule has 0 atom stereocenters. The molecular formula is C19H26N2O2S. The van der Waals surface area contributed by atoms with E-state index in [9.17, 15) is 8.42 Å². The van der Waals surface area contributed by atoms with Gasteiger partial charge < -0.3 is 4.57 Å². The van der Waals surface area contributed by atoms with Crippen LogP contribution in [0.4, 0.5) is 0 Å². The molecule has 130 valence electrons. The molecule has 2 saturated carbocycles. The van der Waals surface area contributed by atoms with E-state index in [1.54, 1.807) is 19.1 Å². The maximum Gasteiger partial charge on any atom is 0.178 e. The summed E-state index contributed by atoms with van der Waals surface area (Å²) in [5.41, 5.74) is 2.07. The SMILES string of the molecule is CCS(=O)(=O)c1ccc2c(c1)nc(C1(C)CCCC1)n2CC1CC1. The summed E-state index contributed by atoms with van der Waals surface area (Å²) in [5, 5.41) is 0. The first-order valence-corrected chi connectivity index (χ1v) is 10.8. The van der Waals surface area contributed by atoms with Crippen LogP contribution in [0.2, 0.25) is 0 Å². The van der Waals surface area contributed by atoms with E-state index in [0.29, 0.717) is 4.90 Å². The van der Waals surface area contributed by atoms with Crippen molar-refractivity contribution in [2.75, 3.05) is 5.75 Å². The molecule has 5 heteroatoms. The Labute approximate surface area is 144 Å². The molecule has 1 aromatic heterocycles. The van der Waals surface area contributed by atoms with Crippen LogP contribution < -0.4 is 0 Å². The van der Waals surface area contributed by atoms with Gasteiger partial charge in [-0.1, -0.05) is 26.7 Å². The first-order chi connectivity index (χ1) is 11.4. The van der Waals surface area contributed by atoms with Gasteiger partial charge in [-0.15, -0.1) is 0 Å². The lowest BCUT2D eigenvalue weighted by Gasteiger charge is -2.24. The zero-order valence-corrected chi connectivity index (χ0v) is 15.4. The van der Waals surface area contributed by atoms with E-state index in [4.69, 9.17) is 4.98 Å². The molecule has 1 aromatic carbocycles. The van der Waals surface area contributed by atoms with Crippen molar-refractivity contribution < 1.29 is 8.42 Å². The lowest BCUT2D eigenvalue weighted by Crippen LogP contribution is -2.23. The van der Waals surface area contributed by atoms with Gasteiger partial charge in [-0.25, -0.2) is 13.4 Å². The van der Waals surface area contributed by atoms with Crippen LogP contribution in [0.25, 0.3) is 11.0 Å². The number of benzene rings is 1.